The van der Waals surface area contributed by atoms with E-state index in [4.69, 9.17) is 0 Å². The van der Waals surface area contributed by atoms with Crippen molar-refractivity contribution in [2.75, 3.05) is 4.90 Å². The normalized spacial score (nSPS) is 11.6. The van der Waals surface area contributed by atoms with Crippen molar-refractivity contribution >= 4 is 48.6 Å². The van der Waals surface area contributed by atoms with E-state index in [0.717, 1.165) is 17.1 Å². The molecule has 1 nitrogen and oxygen atoms in total. The molecule has 254 valence electrons. The largest absolute Gasteiger partial charge is 0.310 e. The van der Waals surface area contributed by atoms with Gasteiger partial charge in [0.25, 0.3) is 0 Å². The van der Waals surface area contributed by atoms with Crippen LogP contribution >= 0.6 is 11.3 Å². The topological polar surface area (TPSA) is 3.24 Å². The number of thiophene rings is 1. The zero-order chi connectivity index (χ0) is 35.8. The number of fused-ring (bicyclic) bond motifs is 3. The van der Waals surface area contributed by atoms with Crippen LogP contribution in [0.4, 0.5) is 17.1 Å². The molecule has 0 fully saturated rings. The third-order valence-electron chi connectivity index (χ3n) is 10.6. The Labute approximate surface area is 316 Å². The molecular weight excluding hydrogens is 659 g/mol. The molecule has 0 unspecified atom stereocenters. The number of nitrogens with zero attached hydrogens (tertiary/aromatic N) is 1. The van der Waals surface area contributed by atoms with Crippen LogP contribution < -0.4 is 4.90 Å². The van der Waals surface area contributed by atoms with Crippen molar-refractivity contribution in [3.05, 3.63) is 211 Å². The molecule has 1 aromatic heterocycles. The number of anilines is 3. The summed E-state index contributed by atoms with van der Waals surface area (Å²) in [6, 6.07) is 72.8. The minimum absolute atomic E-state index is 0.0701. The van der Waals surface area contributed by atoms with E-state index < -0.39 is 0 Å². The Morgan fingerprint density at radius 2 is 0.717 bits per heavy atom. The number of rotatable bonds is 8. The van der Waals surface area contributed by atoms with Gasteiger partial charge in [-0.2, -0.15) is 0 Å². The fourth-order valence-electron chi connectivity index (χ4n) is 7.50. The second-order valence-electron chi connectivity index (χ2n) is 14.2. The third kappa shape index (κ3) is 6.33. The van der Waals surface area contributed by atoms with Crippen molar-refractivity contribution in [3.63, 3.8) is 0 Å². The Hall–Kier alpha value is -6.22. The van der Waals surface area contributed by atoms with E-state index >= 15 is 0 Å². The van der Waals surface area contributed by atoms with E-state index in [9.17, 15) is 0 Å². The minimum atomic E-state index is -0.0701. The molecule has 1 heterocycles. The van der Waals surface area contributed by atoms with Crippen LogP contribution in [0.1, 0.15) is 25.0 Å². The summed E-state index contributed by atoms with van der Waals surface area (Å²) in [6.07, 6.45) is 0. The van der Waals surface area contributed by atoms with Gasteiger partial charge in [0.1, 0.15) is 0 Å². The van der Waals surface area contributed by atoms with Gasteiger partial charge in [0.05, 0.1) is 0 Å². The van der Waals surface area contributed by atoms with Gasteiger partial charge in [0, 0.05) is 42.6 Å². The van der Waals surface area contributed by atoms with Crippen molar-refractivity contribution < 1.29 is 0 Å². The summed E-state index contributed by atoms with van der Waals surface area (Å²) in [5.41, 5.74) is 13.2. The summed E-state index contributed by atoms with van der Waals surface area (Å²) in [6.45, 7) is 4.61. The van der Waals surface area contributed by atoms with Gasteiger partial charge in [-0.1, -0.05) is 159 Å². The van der Waals surface area contributed by atoms with Crippen LogP contribution in [0.2, 0.25) is 0 Å². The summed E-state index contributed by atoms with van der Waals surface area (Å²) in [5, 5.41) is 2.56. The zero-order valence-corrected chi connectivity index (χ0v) is 30.7. The lowest BCUT2D eigenvalue weighted by atomic mass is 9.78. The molecule has 0 bridgehead atoms. The highest BCUT2D eigenvalue weighted by molar-refractivity contribution is 7.25. The van der Waals surface area contributed by atoms with Crippen molar-refractivity contribution in [2.45, 2.75) is 19.3 Å². The molecule has 8 aromatic carbocycles. The lowest BCUT2D eigenvalue weighted by Gasteiger charge is -2.26. The second-order valence-corrected chi connectivity index (χ2v) is 15.3. The molecule has 9 aromatic rings. The van der Waals surface area contributed by atoms with Crippen LogP contribution in [0.3, 0.4) is 0 Å². The fraction of sp³-hybridized carbons (Fsp3) is 0.0588. The fourth-order valence-corrected chi connectivity index (χ4v) is 8.57. The van der Waals surface area contributed by atoms with E-state index in [1.165, 1.54) is 64.7 Å². The van der Waals surface area contributed by atoms with Crippen LogP contribution in [0.5, 0.6) is 0 Å². The van der Waals surface area contributed by atoms with Crippen molar-refractivity contribution in [1.29, 1.82) is 0 Å². The van der Waals surface area contributed by atoms with Crippen LogP contribution in [-0.2, 0) is 5.41 Å². The summed E-state index contributed by atoms with van der Waals surface area (Å²) >= 11 is 1.86. The molecular formula is C51H39NS. The Kier molecular flexibility index (Phi) is 8.46. The molecule has 9 rings (SSSR count). The molecule has 0 aliphatic carbocycles. The van der Waals surface area contributed by atoms with Crippen LogP contribution in [-0.4, -0.2) is 0 Å². The predicted octanol–water partition coefficient (Wildman–Crippen LogP) is 14.9. The van der Waals surface area contributed by atoms with Crippen molar-refractivity contribution in [2.24, 2.45) is 0 Å². The molecule has 0 aliphatic heterocycles. The summed E-state index contributed by atoms with van der Waals surface area (Å²) in [7, 11) is 0. The zero-order valence-electron chi connectivity index (χ0n) is 29.9. The van der Waals surface area contributed by atoms with Crippen LogP contribution in [0.25, 0.3) is 53.6 Å². The summed E-state index contributed by atoms with van der Waals surface area (Å²) in [5.74, 6) is 0. The van der Waals surface area contributed by atoms with Crippen LogP contribution in [0.15, 0.2) is 200 Å². The minimum Gasteiger partial charge on any atom is -0.310 e. The number of hydrogen-bond acceptors (Lipinski definition) is 2. The van der Waals surface area contributed by atoms with Gasteiger partial charge in [0.2, 0.25) is 0 Å². The molecule has 0 radical (unpaired) electrons. The highest BCUT2D eigenvalue weighted by Crippen LogP contribution is 2.43. The van der Waals surface area contributed by atoms with E-state index in [2.05, 4.69) is 219 Å². The monoisotopic (exact) mass is 697 g/mol. The SMILES string of the molecule is CC(C)(c1ccccc1)c1ccc(-c2ccc3sc4ccc(N(c5ccc(-c6ccccc6)cc5)c5ccc(-c6ccccc6)cc5)cc4c3c2)cc1. The molecule has 0 amide bonds. The molecule has 53 heavy (non-hydrogen) atoms. The highest BCUT2D eigenvalue weighted by Gasteiger charge is 2.23. The molecule has 0 saturated carbocycles. The van der Waals surface area contributed by atoms with Crippen LogP contribution in [0, 0.1) is 0 Å². The maximum atomic E-state index is 2.38. The molecule has 0 atom stereocenters. The van der Waals surface area contributed by atoms with Gasteiger partial charge in [-0.05, 0) is 99.1 Å². The lowest BCUT2D eigenvalue weighted by Crippen LogP contribution is -2.18. The molecule has 0 spiro atoms. The number of hydrogen-bond donors (Lipinski definition) is 0. The molecule has 0 aliphatic rings. The first-order valence-electron chi connectivity index (χ1n) is 18.3. The summed E-state index contributed by atoms with van der Waals surface area (Å²) < 4.78 is 2.59. The van der Waals surface area contributed by atoms with Gasteiger partial charge < -0.3 is 4.90 Å². The maximum Gasteiger partial charge on any atom is 0.0468 e. The first kappa shape index (κ1) is 32.7. The van der Waals surface area contributed by atoms with E-state index in [1.54, 1.807) is 0 Å². The summed E-state index contributed by atoms with van der Waals surface area (Å²) in [4.78, 5) is 2.38. The third-order valence-corrected chi connectivity index (χ3v) is 11.8. The second kappa shape index (κ2) is 13.7. The Balaban J connectivity index is 1.11. The highest BCUT2D eigenvalue weighted by atomic mass is 32.1. The quantitative estimate of drug-likeness (QED) is 0.153. The van der Waals surface area contributed by atoms with Crippen molar-refractivity contribution in [1.82, 2.24) is 0 Å². The van der Waals surface area contributed by atoms with Gasteiger partial charge in [-0.25, -0.2) is 0 Å². The van der Waals surface area contributed by atoms with E-state index in [1.807, 2.05) is 11.3 Å². The average molecular weight is 698 g/mol. The first-order chi connectivity index (χ1) is 26.0. The number of benzene rings is 8. The van der Waals surface area contributed by atoms with Gasteiger partial charge in [0.15, 0.2) is 0 Å². The first-order valence-corrected chi connectivity index (χ1v) is 19.1. The smallest absolute Gasteiger partial charge is 0.0468 e. The molecule has 2 heteroatoms. The lowest BCUT2D eigenvalue weighted by molar-refractivity contribution is 0.641. The Morgan fingerprint density at radius 3 is 1.26 bits per heavy atom. The molecule has 0 N–H and O–H groups in total. The maximum absolute atomic E-state index is 2.38. The average Bonchev–Trinajstić information content (AvgIpc) is 3.60. The van der Waals surface area contributed by atoms with E-state index in [-0.39, 0.29) is 5.41 Å². The Morgan fingerprint density at radius 1 is 0.340 bits per heavy atom. The Bertz CT molecular complexity index is 2560. The molecule has 0 saturated heterocycles. The van der Waals surface area contributed by atoms with Crippen molar-refractivity contribution in [3.8, 4) is 33.4 Å². The van der Waals surface area contributed by atoms with E-state index in [0.29, 0.717) is 0 Å². The standard InChI is InChI=1S/C51H39NS/c1-51(2,42-16-10-5-11-17-42)43-25-18-40(19-26-43)41-24-32-49-47(34-41)48-35-46(31-33-50(48)53-49)52(44-27-20-38(21-28-44)36-12-6-3-7-13-36)45-29-22-39(23-30-45)37-14-8-4-9-15-37/h3-35H,1-2H3. The van der Waals surface area contributed by atoms with Gasteiger partial charge in [-0.3, -0.25) is 0 Å². The predicted molar refractivity (Wildman–Crippen MR) is 229 cm³/mol. The van der Waals surface area contributed by atoms with Gasteiger partial charge >= 0.3 is 0 Å². The van der Waals surface area contributed by atoms with Gasteiger partial charge in [-0.15, -0.1) is 11.3 Å².